The van der Waals surface area contributed by atoms with Crippen LogP contribution in [0.1, 0.15) is 16.2 Å². The lowest BCUT2D eigenvalue weighted by molar-refractivity contribution is 0.0593. The van der Waals surface area contributed by atoms with Gasteiger partial charge in [-0.2, -0.15) is 0 Å². The van der Waals surface area contributed by atoms with Crippen molar-refractivity contribution in [3.05, 3.63) is 72.2 Å². The molecule has 1 aromatic carbocycles. The van der Waals surface area contributed by atoms with Gasteiger partial charge in [-0.1, -0.05) is 24.3 Å². The Morgan fingerprint density at radius 3 is 2.58 bits per heavy atom. The third kappa shape index (κ3) is 3.04. The predicted molar refractivity (Wildman–Crippen MR) is 97.0 cm³/mol. The summed E-state index contributed by atoms with van der Waals surface area (Å²) in [5.74, 6) is -0.00542. The van der Waals surface area contributed by atoms with Crippen molar-refractivity contribution in [1.82, 2.24) is 15.0 Å². The van der Waals surface area contributed by atoms with E-state index in [0.717, 1.165) is 21.8 Å². The van der Waals surface area contributed by atoms with Crippen LogP contribution in [0.25, 0.3) is 21.8 Å². The fraction of sp³-hybridized carbons (Fsp3) is 0.100. The number of ether oxygens (including phenoxy) is 2. The second-order valence-corrected chi connectivity index (χ2v) is 5.66. The second kappa shape index (κ2) is 6.76. The van der Waals surface area contributed by atoms with E-state index < -0.39 is 5.97 Å². The molecular weight excluding hydrogens is 330 g/mol. The van der Waals surface area contributed by atoms with Crippen molar-refractivity contribution in [2.24, 2.45) is 0 Å². The highest BCUT2D eigenvalue weighted by Gasteiger charge is 2.09. The minimum Gasteiger partial charge on any atom is -0.471 e. The first kappa shape index (κ1) is 16.0. The maximum Gasteiger partial charge on any atom is 0.356 e. The average Bonchev–Trinajstić information content (AvgIpc) is 2.71. The molecule has 0 amide bonds. The van der Waals surface area contributed by atoms with Crippen LogP contribution >= 0.6 is 0 Å². The van der Waals surface area contributed by atoms with E-state index in [0.29, 0.717) is 11.6 Å². The van der Waals surface area contributed by atoms with Crippen LogP contribution < -0.4 is 4.74 Å². The van der Waals surface area contributed by atoms with Crippen molar-refractivity contribution in [2.45, 2.75) is 6.61 Å². The van der Waals surface area contributed by atoms with Crippen LogP contribution in [0.5, 0.6) is 5.88 Å². The van der Waals surface area contributed by atoms with Gasteiger partial charge in [0.1, 0.15) is 17.8 Å². The molecule has 0 radical (unpaired) electrons. The van der Waals surface area contributed by atoms with Gasteiger partial charge in [-0.3, -0.25) is 4.98 Å². The summed E-state index contributed by atoms with van der Waals surface area (Å²) >= 11 is 0. The Kier molecular flexibility index (Phi) is 4.15. The molecule has 26 heavy (non-hydrogen) atoms. The molecule has 3 heterocycles. The number of carbonyl (C=O) groups is 1. The number of benzene rings is 1. The highest BCUT2D eigenvalue weighted by Crippen LogP contribution is 2.24. The average molecular weight is 345 g/mol. The van der Waals surface area contributed by atoms with E-state index in [1.54, 1.807) is 30.5 Å². The standard InChI is InChI=1S/C20H15N3O3/c1-25-20(24)16-6-2-5-15(22-16)12-26-17-10-9-14-8-7-13-4-3-11-21-18(13)19(14)23-17/h2-11H,12H2,1H3. The van der Waals surface area contributed by atoms with Crippen molar-refractivity contribution in [3.63, 3.8) is 0 Å². The van der Waals surface area contributed by atoms with Crippen molar-refractivity contribution >= 4 is 27.8 Å². The molecule has 4 aromatic rings. The predicted octanol–water partition coefficient (Wildman–Crippen LogP) is 3.54. The summed E-state index contributed by atoms with van der Waals surface area (Å²) in [5.41, 5.74) is 2.49. The zero-order valence-corrected chi connectivity index (χ0v) is 14.0. The van der Waals surface area contributed by atoms with E-state index in [4.69, 9.17) is 4.74 Å². The fourth-order valence-corrected chi connectivity index (χ4v) is 2.71. The Hall–Kier alpha value is -3.54. The van der Waals surface area contributed by atoms with Crippen LogP contribution in [-0.4, -0.2) is 28.0 Å². The lowest BCUT2D eigenvalue weighted by atomic mass is 10.1. The zero-order chi connectivity index (χ0) is 17.9. The summed E-state index contributed by atoms with van der Waals surface area (Å²) in [5, 5.41) is 2.02. The number of hydrogen-bond donors (Lipinski definition) is 0. The zero-order valence-electron chi connectivity index (χ0n) is 14.0. The molecule has 4 rings (SSSR count). The molecule has 6 heteroatoms. The summed E-state index contributed by atoms with van der Waals surface area (Å²) in [6, 6.07) is 16.8. The van der Waals surface area contributed by atoms with Gasteiger partial charge < -0.3 is 9.47 Å². The van der Waals surface area contributed by atoms with E-state index >= 15 is 0 Å². The molecule has 0 spiro atoms. The smallest absolute Gasteiger partial charge is 0.356 e. The van der Waals surface area contributed by atoms with E-state index in [1.807, 2.05) is 30.3 Å². The number of nitrogens with zero attached hydrogens (tertiary/aromatic N) is 3. The van der Waals surface area contributed by atoms with Crippen LogP contribution in [0.3, 0.4) is 0 Å². The van der Waals surface area contributed by atoms with E-state index in [9.17, 15) is 4.79 Å². The van der Waals surface area contributed by atoms with Crippen LogP contribution in [0.2, 0.25) is 0 Å². The third-order valence-corrected chi connectivity index (χ3v) is 3.98. The van der Waals surface area contributed by atoms with E-state index in [1.165, 1.54) is 7.11 Å². The number of aromatic nitrogens is 3. The number of fused-ring (bicyclic) bond motifs is 3. The first-order valence-corrected chi connectivity index (χ1v) is 8.06. The number of esters is 1. The Labute approximate surface area is 149 Å². The molecule has 0 aliphatic heterocycles. The Morgan fingerprint density at radius 1 is 0.923 bits per heavy atom. The minimum atomic E-state index is -0.478. The molecule has 0 bridgehead atoms. The normalized spacial score (nSPS) is 10.8. The quantitative estimate of drug-likeness (QED) is 0.416. The Bertz CT molecular complexity index is 1110. The molecule has 0 N–H and O–H groups in total. The van der Waals surface area contributed by atoms with Crippen molar-refractivity contribution in [1.29, 1.82) is 0 Å². The molecule has 6 nitrogen and oxygen atoms in total. The molecular formula is C20H15N3O3. The Morgan fingerprint density at radius 2 is 1.73 bits per heavy atom. The van der Waals surface area contributed by atoms with Gasteiger partial charge in [0, 0.05) is 23.0 Å². The first-order valence-electron chi connectivity index (χ1n) is 8.06. The highest BCUT2D eigenvalue weighted by molar-refractivity contribution is 6.02. The van der Waals surface area contributed by atoms with Gasteiger partial charge >= 0.3 is 5.97 Å². The minimum absolute atomic E-state index is 0.196. The molecule has 0 unspecified atom stereocenters. The summed E-state index contributed by atoms with van der Waals surface area (Å²) in [4.78, 5) is 24.8. The van der Waals surface area contributed by atoms with Crippen LogP contribution in [0.15, 0.2) is 60.8 Å². The SMILES string of the molecule is COC(=O)c1cccc(COc2ccc3ccc4cccnc4c3n2)n1. The number of methoxy groups -OCH3 is 1. The highest BCUT2D eigenvalue weighted by atomic mass is 16.5. The fourth-order valence-electron chi connectivity index (χ4n) is 2.71. The molecule has 3 aromatic heterocycles. The van der Waals surface area contributed by atoms with Gasteiger partial charge in [-0.25, -0.2) is 14.8 Å². The van der Waals surface area contributed by atoms with Crippen LogP contribution in [0.4, 0.5) is 0 Å². The lowest BCUT2D eigenvalue weighted by Crippen LogP contribution is -2.07. The summed E-state index contributed by atoms with van der Waals surface area (Å²) < 4.78 is 10.4. The van der Waals surface area contributed by atoms with Gasteiger partial charge in [0.2, 0.25) is 5.88 Å². The summed E-state index contributed by atoms with van der Waals surface area (Å²) in [6.07, 6.45) is 1.75. The van der Waals surface area contributed by atoms with Crippen LogP contribution in [0, 0.1) is 0 Å². The summed E-state index contributed by atoms with van der Waals surface area (Å²) in [7, 11) is 1.32. The van der Waals surface area contributed by atoms with Crippen molar-refractivity contribution in [2.75, 3.05) is 7.11 Å². The number of hydrogen-bond acceptors (Lipinski definition) is 6. The van der Waals surface area contributed by atoms with Gasteiger partial charge in [-0.15, -0.1) is 0 Å². The van der Waals surface area contributed by atoms with Crippen molar-refractivity contribution in [3.8, 4) is 5.88 Å². The largest absolute Gasteiger partial charge is 0.471 e. The maximum absolute atomic E-state index is 11.6. The molecule has 128 valence electrons. The van der Waals surface area contributed by atoms with E-state index in [2.05, 4.69) is 19.7 Å². The van der Waals surface area contributed by atoms with Gasteiger partial charge in [-0.05, 0) is 24.3 Å². The molecule has 0 fully saturated rings. The molecule has 0 aliphatic rings. The third-order valence-electron chi connectivity index (χ3n) is 3.98. The molecule has 0 aliphatic carbocycles. The molecule has 0 saturated carbocycles. The number of rotatable bonds is 4. The van der Waals surface area contributed by atoms with Gasteiger partial charge in [0.05, 0.1) is 18.3 Å². The summed E-state index contributed by atoms with van der Waals surface area (Å²) in [6.45, 7) is 0.196. The monoisotopic (exact) mass is 345 g/mol. The van der Waals surface area contributed by atoms with Gasteiger partial charge in [0.15, 0.2) is 0 Å². The van der Waals surface area contributed by atoms with E-state index in [-0.39, 0.29) is 12.3 Å². The number of carbonyl (C=O) groups excluding carboxylic acids is 1. The second-order valence-electron chi connectivity index (χ2n) is 5.66. The Balaban J connectivity index is 1.62. The lowest BCUT2D eigenvalue weighted by Gasteiger charge is -2.08. The first-order chi connectivity index (χ1) is 12.7. The number of pyridine rings is 3. The van der Waals surface area contributed by atoms with Crippen molar-refractivity contribution < 1.29 is 14.3 Å². The van der Waals surface area contributed by atoms with Crippen LogP contribution in [-0.2, 0) is 11.3 Å². The maximum atomic E-state index is 11.6. The topological polar surface area (TPSA) is 74.2 Å². The van der Waals surface area contributed by atoms with Gasteiger partial charge in [0.25, 0.3) is 0 Å². The molecule has 0 atom stereocenters. The molecule has 0 saturated heterocycles.